The van der Waals surface area contributed by atoms with Gasteiger partial charge in [0.05, 0.1) is 17.9 Å². The Labute approximate surface area is 397 Å². The predicted octanol–water partition coefficient (Wildman–Crippen LogP) is 10.6. The molecule has 0 heterocycles. The topological polar surface area (TPSA) is 27.3 Å². The maximum Gasteiger partial charge on any atom is 2.00 e. The zero-order chi connectivity index (χ0) is 37.9. The molecule has 4 rings (SSSR count). The van der Waals surface area contributed by atoms with Crippen LogP contribution in [0.4, 0.5) is 0 Å². The first-order chi connectivity index (χ1) is 23.3. The Morgan fingerprint density at radius 2 is 0.922 bits per heavy atom. The standard InChI is InChI=1S/C24H12Br4Cl4P.C5H10N2S4.C3H7NS2.Ni/c25-17-9-13(29)1-5-21(17)33(22-6-2-14(30)10-18(22)26,23-7-3-15(31)11-19(23)27)24-8-4-16(32)12-20(24)28;1-3(7-5(10)11)2-6-4(8)9;1-4(2)3(5)6;/h1-12H;3H,2H2,1H3,(H2,6,8,9)(H2,7,10,11);1-2H3,(H,5,6);/q+1;;;+2/p-3. The molecule has 0 bridgehead atoms. The number of hydrogen-bond donors (Lipinski definition) is 2. The van der Waals surface area contributed by atoms with E-state index in [0.717, 1.165) is 39.1 Å². The molecule has 51 heavy (non-hydrogen) atoms. The van der Waals surface area contributed by atoms with Gasteiger partial charge in [0, 0.05) is 46.8 Å². The van der Waals surface area contributed by atoms with E-state index in [1.54, 1.807) is 4.90 Å². The maximum absolute atomic E-state index is 6.36. The van der Waals surface area contributed by atoms with Crippen molar-refractivity contribution in [3.05, 3.63) is 111 Å². The molecule has 2 N–H and O–H groups in total. The molecule has 0 radical (unpaired) electrons. The number of nitrogens with zero attached hydrogens (tertiary/aromatic N) is 1. The molecule has 0 amide bonds. The summed E-state index contributed by atoms with van der Waals surface area (Å²) < 4.78 is 4.84. The largest absolute Gasteiger partial charge is 2.00 e. The number of halogens is 8. The third-order valence-electron chi connectivity index (χ3n) is 6.37. The molecule has 1 unspecified atom stereocenters. The van der Waals surface area contributed by atoms with Crippen molar-refractivity contribution < 1.29 is 16.5 Å². The Kier molecular flexibility index (Phi) is 23.7. The van der Waals surface area contributed by atoms with E-state index in [0.29, 0.717) is 39.6 Å². The third kappa shape index (κ3) is 15.2. The number of rotatable bonds is 7. The quantitative estimate of drug-likeness (QED) is 0.0813. The maximum atomic E-state index is 6.36. The van der Waals surface area contributed by atoms with Crippen molar-refractivity contribution in [3.63, 3.8) is 0 Å². The summed E-state index contributed by atoms with van der Waals surface area (Å²) in [5, 5.41) is 12.6. The first kappa shape index (κ1) is 50.2. The van der Waals surface area contributed by atoms with Gasteiger partial charge in [0.2, 0.25) is 0 Å². The zero-order valence-electron chi connectivity index (χ0n) is 26.4. The van der Waals surface area contributed by atoms with Crippen LogP contribution in [-0.2, 0) is 54.4 Å². The second-order valence-electron chi connectivity index (χ2n) is 10.2. The molecule has 4 aromatic rings. The van der Waals surface area contributed by atoms with Crippen LogP contribution in [0.2, 0.25) is 20.1 Å². The number of thiocarbonyl (C=S) groups is 3. The van der Waals surface area contributed by atoms with Gasteiger partial charge in [-0.15, -0.1) is 0 Å². The van der Waals surface area contributed by atoms with Crippen molar-refractivity contribution in [1.82, 2.24) is 15.5 Å². The van der Waals surface area contributed by atoms with E-state index < -0.39 is 7.26 Å². The fourth-order valence-corrected chi connectivity index (χ4v) is 15.1. The number of nitrogens with one attached hydrogen (secondary N) is 2. The minimum absolute atomic E-state index is 0. The summed E-state index contributed by atoms with van der Waals surface area (Å²) in [5.41, 5.74) is 0. The van der Waals surface area contributed by atoms with Gasteiger partial charge in [-0.3, -0.25) is 0 Å². The van der Waals surface area contributed by atoms with E-state index in [1.807, 2.05) is 69.6 Å². The second kappa shape index (κ2) is 24.1. The summed E-state index contributed by atoms with van der Waals surface area (Å²) in [4.78, 5) is 1.71. The number of hydrogen-bond acceptors (Lipinski definition) is 6. The molecule has 0 aromatic heterocycles. The smallest absolute Gasteiger partial charge is 0.412 e. The Bertz CT molecular complexity index is 1650. The molecule has 0 aliphatic carbocycles. The van der Waals surface area contributed by atoms with E-state index in [9.17, 15) is 0 Å². The van der Waals surface area contributed by atoms with Gasteiger partial charge < -0.3 is 90.1 Å². The SMILES string of the molecule is CC(CNC(=S)[S-])NC(=S)[S-].CN(C)C(=S)[S-].Clc1ccc([P+](c2ccc(Cl)cc2Br)(c2ccc(Cl)cc2Br)c2ccc(Cl)cc2Br)c(Br)c1.[Ni+2]. The average molecular weight is 1200 g/mol. The molecule has 276 valence electrons. The summed E-state index contributed by atoms with van der Waals surface area (Å²) >= 11 is 68.4. The van der Waals surface area contributed by atoms with E-state index in [4.69, 9.17) is 46.4 Å². The first-order valence-electron chi connectivity index (χ1n) is 13.8. The van der Waals surface area contributed by atoms with E-state index in [1.165, 1.54) is 0 Å². The van der Waals surface area contributed by atoms with Crippen molar-refractivity contribution in [3.8, 4) is 0 Å². The van der Waals surface area contributed by atoms with Gasteiger partial charge in [0.15, 0.2) is 0 Å². The van der Waals surface area contributed by atoms with Gasteiger partial charge in [-0.2, -0.15) is 0 Å². The van der Waals surface area contributed by atoms with Crippen LogP contribution in [0, 0.1) is 0 Å². The van der Waals surface area contributed by atoms with Crippen molar-refractivity contribution in [2.45, 2.75) is 13.0 Å². The van der Waals surface area contributed by atoms with Crippen molar-refractivity contribution in [1.29, 1.82) is 0 Å². The van der Waals surface area contributed by atoms with E-state index in [-0.39, 0.29) is 22.5 Å². The Morgan fingerprint density at radius 1 is 0.647 bits per heavy atom. The van der Waals surface area contributed by atoms with Crippen LogP contribution in [0.3, 0.4) is 0 Å². The van der Waals surface area contributed by atoms with Crippen molar-refractivity contribution >= 4 is 226 Å². The van der Waals surface area contributed by atoms with Crippen LogP contribution in [-0.4, -0.2) is 44.5 Å². The average Bonchev–Trinajstić information content (AvgIpc) is 2.99. The molecule has 0 aliphatic rings. The summed E-state index contributed by atoms with van der Waals surface area (Å²) in [7, 11) is 1.10. The van der Waals surface area contributed by atoms with Gasteiger partial charge in [0.1, 0.15) is 28.5 Å². The summed E-state index contributed by atoms with van der Waals surface area (Å²) in [5.74, 6) is 0. The molecular weight excluding hydrogens is 1170 g/mol. The van der Waals surface area contributed by atoms with Gasteiger partial charge in [-0.05, 0) is 143 Å². The minimum atomic E-state index is -2.56. The fraction of sp³-hybridized carbons (Fsp3) is 0.156. The summed E-state index contributed by atoms with van der Waals surface area (Å²) in [6, 6.07) is 23.8. The molecule has 0 saturated heterocycles. The summed E-state index contributed by atoms with van der Waals surface area (Å²) in [6.45, 7) is 2.60. The van der Waals surface area contributed by atoms with Crippen LogP contribution >= 0.6 is 154 Å². The molecule has 0 saturated carbocycles. The van der Waals surface area contributed by atoms with Crippen molar-refractivity contribution in [2.75, 3.05) is 20.6 Å². The minimum Gasteiger partial charge on any atom is -0.412 e. The molecule has 4 aromatic carbocycles. The van der Waals surface area contributed by atoms with E-state index in [2.05, 4.69) is 173 Å². The number of benzene rings is 4. The molecule has 0 aliphatic heterocycles. The fourth-order valence-electron chi connectivity index (χ4n) is 4.28. The Morgan fingerprint density at radius 3 is 1.12 bits per heavy atom. The van der Waals surface area contributed by atoms with Gasteiger partial charge in [0.25, 0.3) is 0 Å². The Balaban J connectivity index is 0.000000602. The van der Waals surface area contributed by atoms with Gasteiger partial charge in [-0.1, -0.05) is 59.4 Å². The second-order valence-corrected chi connectivity index (χ2v) is 21.8. The molecule has 19 heteroatoms. The molecule has 0 spiro atoms. The third-order valence-corrected chi connectivity index (χ3v) is 16.9. The molecule has 3 nitrogen and oxygen atoms in total. The van der Waals surface area contributed by atoms with E-state index >= 15 is 0 Å². The zero-order valence-corrected chi connectivity index (χ0v) is 42.5. The van der Waals surface area contributed by atoms with Crippen LogP contribution in [0.25, 0.3) is 0 Å². The van der Waals surface area contributed by atoms with Crippen LogP contribution in [0.15, 0.2) is 90.7 Å². The van der Waals surface area contributed by atoms with Gasteiger partial charge in [-0.25, -0.2) is 0 Å². The Hall–Kier alpha value is 1.21. The molecule has 1 atom stereocenters. The predicted molar refractivity (Wildman–Crippen MR) is 256 cm³/mol. The summed E-state index contributed by atoms with van der Waals surface area (Å²) in [6.07, 6.45) is 0. The van der Waals surface area contributed by atoms with Crippen LogP contribution in [0.1, 0.15) is 6.92 Å². The van der Waals surface area contributed by atoms with Crippen LogP contribution < -0.4 is 31.9 Å². The molecular formula is C32H26Br4Cl4N3NiPS6. The first-order valence-corrected chi connectivity index (χ1v) is 22.8. The van der Waals surface area contributed by atoms with Crippen molar-refractivity contribution in [2.24, 2.45) is 0 Å². The monoisotopic (exact) mass is 1190 g/mol. The normalized spacial score (nSPS) is 11.0. The van der Waals surface area contributed by atoms with Gasteiger partial charge >= 0.3 is 16.5 Å². The van der Waals surface area contributed by atoms with Crippen LogP contribution in [0.5, 0.6) is 0 Å². The molecule has 0 fully saturated rings.